The number of rotatable bonds is 4. The summed E-state index contributed by atoms with van der Waals surface area (Å²) in [5.74, 6) is 0.505. The molecule has 2 amide bonds. The van der Waals surface area contributed by atoms with Gasteiger partial charge in [0.15, 0.2) is 0 Å². The fourth-order valence-corrected chi connectivity index (χ4v) is 5.14. The van der Waals surface area contributed by atoms with Gasteiger partial charge in [-0.3, -0.25) is 19.3 Å². The van der Waals surface area contributed by atoms with Crippen molar-refractivity contribution < 1.29 is 23.5 Å². The molecular weight excluding hydrogens is 370 g/mol. The topological polar surface area (TPSA) is 76.8 Å². The minimum atomic E-state index is -0.433. The van der Waals surface area contributed by atoms with Crippen molar-refractivity contribution in [3.05, 3.63) is 29.5 Å². The molecule has 5 rings (SSSR count). The summed E-state index contributed by atoms with van der Waals surface area (Å²) in [5.41, 5.74) is 2.05. The highest BCUT2D eigenvalue weighted by atomic mass is 16.5. The number of fused-ring (bicyclic) bond motifs is 4. The lowest BCUT2D eigenvalue weighted by Gasteiger charge is -2.19. The van der Waals surface area contributed by atoms with Crippen LogP contribution in [-0.2, 0) is 27.2 Å². The summed E-state index contributed by atoms with van der Waals surface area (Å²) in [4.78, 5) is 38.7. The first-order valence-electron chi connectivity index (χ1n) is 10.7. The van der Waals surface area contributed by atoms with Gasteiger partial charge in [0.05, 0.1) is 18.3 Å². The number of nitrogens with zero attached hydrogens (tertiary/aromatic N) is 1. The zero-order chi connectivity index (χ0) is 20.0. The standard InChI is InChI=1S/C23H25NO5/c25-21(11-12-24-22(26)16-6-1-2-7-17(16)23(24)27)28-14-9-10-20-18(13-14)15-5-3-4-8-19(15)29-20/h9-10,13,16-17H,1-8,11-12H2/t16-,17-/m1/s1. The second-order valence-corrected chi connectivity index (χ2v) is 8.42. The molecule has 3 aliphatic rings. The van der Waals surface area contributed by atoms with E-state index in [2.05, 4.69) is 0 Å². The van der Waals surface area contributed by atoms with Crippen LogP contribution in [0.25, 0.3) is 11.0 Å². The Bertz CT molecular complexity index is 967. The number of hydrogen-bond donors (Lipinski definition) is 0. The van der Waals surface area contributed by atoms with Crippen LogP contribution in [0.3, 0.4) is 0 Å². The third-order valence-corrected chi connectivity index (χ3v) is 6.63. The van der Waals surface area contributed by atoms with Gasteiger partial charge in [-0.1, -0.05) is 12.8 Å². The van der Waals surface area contributed by atoms with Crippen LogP contribution in [0, 0.1) is 11.8 Å². The number of aryl methyl sites for hydroxylation is 2. The largest absolute Gasteiger partial charge is 0.461 e. The molecule has 2 atom stereocenters. The van der Waals surface area contributed by atoms with Crippen LogP contribution in [0.1, 0.15) is 56.3 Å². The molecule has 1 aromatic carbocycles. The van der Waals surface area contributed by atoms with Crippen molar-refractivity contribution in [3.8, 4) is 5.75 Å². The Hall–Kier alpha value is -2.63. The number of imide groups is 1. The van der Waals surface area contributed by atoms with Crippen molar-refractivity contribution in [2.45, 2.75) is 57.8 Å². The third-order valence-electron chi connectivity index (χ3n) is 6.63. The van der Waals surface area contributed by atoms with Gasteiger partial charge < -0.3 is 9.15 Å². The molecule has 6 heteroatoms. The van der Waals surface area contributed by atoms with Crippen molar-refractivity contribution in [2.24, 2.45) is 11.8 Å². The molecule has 2 fully saturated rings. The molecule has 0 N–H and O–H groups in total. The Labute approximate surface area is 169 Å². The molecule has 152 valence electrons. The number of likely N-dealkylation sites (tertiary alicyclic amines) is 1. The van der Waals surface area contributed by atoms with Crippen molar-refractivity contribution >= 4 is 28.8 Å². The van der Waals surface area contributed by atoms with E-state index in [0.29, 0.717) is 5.75 Å². The lowest BCUT2D eigenvalue weighted by atomic mass is 9.81. The van der Waals surface area contributed by atoms with E-state index in [9.17, 15) is 14.4 Å². The average Bonchev–Trinajstić information content (AvgIpc) is 3.22. The minimum absolute atomic E-state index is 0.0124. The number of hydrogen-bond acceptors (Lipinski definition) is 5. The molecule has 2 aliphatic carbocycles. The molecule has 0 radical (unpaired) electrons. The van der Waals surface area contributed by atoms with Crippen molar-refractivity contribution in [1.82, 2.24) is 4.90 Å². The molecular formula is C23H25NO5. The molecule has 0 spiro atoms. The lowest BCUT2D eigenvalue weighted by Crippen LogP contribution is -2.33. The maximum Gasteiger partial charge on any atom is 0.312 e. The zero-order valence-corrected chi connectivity index (χ0v) is 16.4. The highest BCUT2D eigenvalue weighted by Gasteiger charge is 2.47. The summed E-state index contributed by atoms with van der Waals surface area (Å²) in [6.07, 6.45) is 7.80. The van der Waals surface area contributed by atoms with Crippen LogP contribution in [0.15, 0.2) is 22.6 Å². The SMILES string of the molecule is O=C(CCN1C(=O)[C@@H]2CCCC[C@H]2C1=O)Oc1ccc2oc3c(c2c1)CCCC3. The number of amides is 2. The van der Waals surface area contributed by atoms with Crippen LogP contribution in [0.5, 0.6) is 5.75 Å². The van der Waals surface area contributed by atoms with E-state index in [4.69, 9.17) is 9.15 Å². The summed E-state index contributed by atoms with van der Waals surface area (Å²) in [7, 11) is 0. The second kappa shape index (κ2) is 7.32. The summed E-state index contributed by atoms with van der Waals surface area (Å²) < 4.78 is 11.4. The maximum atomic E-state index is 12.5. The summed E-state index contributed by atoms with van der Waals surface area (Å²) in [5, 5.41) is 1.01. The van der Waals surface area contributed by atoms with E-state index in [1.807, 2.05) is 12.1 Å². The van der Waals surface area contributed by atoms with Gasteiger partial charge in [-0.2, -0.15) is 0 Å². The number of esters is 1. The molecule has 1 saturated heterocycles. The monoisotopic (exact) mass is 395 g/mol. The lowest BCUT2D eigenvalue weighted by molar-refractivity contribution is -0.141. The number of furan rings is 1. The van der Waals surface area contributed by atoms with Crippen LogP contribution in [0.4, 0.5) is 0 Å². The maximum absolute atomic E-state index is 12.5. The zero-order valence-electron chi connectivity index (χ0n) is 16.4. The molecule has 6 nitrogen and oxygen atoms in total. The highest BCUT2D eigenvalue weighted by Crippen LogP contribution is 2.38. The Kier molecular flexibility index (Phi) is 4.64. The van der Waals surface area contributed by atoms with Gasteiger partial charge in [0, 0.05) is 23.9 Å². The van der Waals surface area contributed by atoms with Crippen LogP contribution < -0.4 is 4.74 Å². The predicted molar refractivity (Wildman–Crippen MR) is 105 cm³/mol. The third kappa shape index (κ3) is 3.24. The fourth-order valence-electron chi connectivity index (χ4n) is 5.14. The summed E-state index contributed by atoms with van der Waals surface area (Å²) >= 11 is 0. The van der Waals surface area contributed by atoms with E-state index in [0.717, 1.165) is 68.1 Å². The van der Waals surface area contributed by atoms with Gasteiger partial charge in [0.25, 0.3) is 0 Å². The molecule has 2 heterocycles. The van der Waals surface area contributed by atoms with E-state index in [1.165, 1.54) is 10.5 Å². The van der Waals surface area contributed by atoms with Gasteiger partial charge in [-0.15, -0.1) is 0 Å². The normalized spacial score (nSPS) is 23.9. The number of ether oxygens (including phenoxy) is 1. The minimum Gasteiger partial charge on any atom is -0.461 e. The Morgan fingerprint density at radius 3 is 2.52 bits per heavy atom. The van der Waals surface area contributed by atoms with Crippen LogP contribution in [0.2, 0.25) is 0 Å². The van der Waals surface area contributed by atoms with Gasteiger partial charge in [0.1, 0.15) is 17.1 Å². The second-order valence-electron chi connectivity index (χ2n) is 8.42. The van der Waals surface area contributed by atoms with Gasteiger partial charge in [-0.25, -0.2) is 0 Å². The Morgan fingerprint density at radius 1 is 1.03 bits per heavy atom. The molecule has 1 saturated carbocycles. The van der Waals surface area contributed by atoms with Crippen molar-refractivity contribution in [1.29, 1.82) is 0 Å². The summed E-state index contributed by atoms with van der Waals surface area (Å²) in [6, 6.07) is 5.44. The van der Waals surface area contributed by atoms with E-state index in [1.54, 1.807) is 6.07 Å². The van der Waals surface area contributed by atoms with Gasteiger partial charge in [-0.05, 0) is 50.3 Å². The quantitative estimate of drug-likeness (QED) is 0.447. The molecule has 1 aliphatic heterocycles. The van der Waals surface area contributed by atoms with Gasteiger partial charge in [0.2, 0.25) is 11.8 Å². The first-order chi connectivity index (χ1) is 14.1. The van der Waals surface area contributed by atoms with Crippen LogP contribution >= 0.6 is 0 Å². The fraction of sp³-hybridized carbons (Fsp3) is 0.522. The molecule has 0 bridgehead atoms. The first kappa shape index (κ1) is 18.4. The predicted octanol–water partition coefficient (Wildman–Crippen LogP) is 3.78. The Morgan fingerprint density at radius 2 is 1.76 bits per heavy atom. The smallest absolute Gasteiger partial charge is 0.312 e. The van der Waals surface area contributed by atoms with Crippen LogP contribution in [-0.4, -0.2) is 29.2 Å². The molecule has 29 heavy (non-hydrogen) atoms. The van der Waals surface area contributed by atoms with E-state index in [-0.39, 0.29) is 36.6 Å². The summed E-state index contributed by atoms with van der Waals surface area (Å²) in [6.45, 7) is 0.104. The van der Waals surface area contributed by atoms with E-state index >= 15 is 0 Å². The highest BCUT2D eigenvalue weighted by molar-refractivity contribution is 6.05. The average molecular weight is 395 g/mol. The Balaban J connectivity index is 1.24. The first-order valence-corrected chi connectivity index (χ1v) is 10.7. The number of carbonyl (C=O) groups is 3. The molecule has 2 aromatic rings. The van der Waals surface area contributed by atoms with Gasteiger partial charge >= 0.3 is 5.97 Å². The van der Waals surface area contributed by atoms with Crippen molar-refractivity contribution in [2.75, 3.05) is 6.54 Å². The van der Waals surface area contributed by atoms with Crippen molar-refractivity contribution in [3.63, 3.8) is 0 Å². The number of carbonyl (C=O) groups excluding carboxylic acids is 3. The molecule has 0 unspecified atom stereocenters. The number of benzene rings is 1. The van der Waals surface area contributed by atoms with E-state index < -0.39 is 5.97 Å². The molecule has 1 aromatic heterocycles.